The molecule has 2 atom stereocenters. The van der Waals surface area contributed by atoms with Crippen LogP contribution in [0.2, 0.25) is 0 Å². The monoisotopic (exact) mass is 406 g/mol. The Bertz CT molecular complexity index is 1130. The molecule has 2 unspecified atom stereocenters. The Kier molecular flexibility index (Phi) is 5.09. The van der Waals surface area contributed by atoms with Crippen LogP contribution in [0.25, 0.3) is 0 Å². The first kappa shape index (κ1) is 19.3. The predicted molar refractivity (Wildman–Crippen MR) is 125 cm³/mol. The molecule has 3 heterocycles. The molecule has 0 fully saturated rings. The predicted octanol–water partition coefficient (Wildman–Crippen LogP) is 6.91. The number of H-pyrrole nitrogens is 2. The summed E-state index contributed by atoms with van der Waals surface area (Å²) >= 11 is 0. The minimum atomic E-state index is 0.0201. The molecule has 3 nitrogen and oxygen atoms in total. The van der Waals surface area contributed by atoms with Crippen molar-refractivity contribution in [1.29, 1.82) is 0 Å². The van der Waals surface area contributed by atoms with Gasteiger partial charge in [0.15, 0.2) is 0 Å². The van der Waals surface area contributed by atoms with Crippen LogP contribution >= 0.6 is 0 Å². The fourth-order valence-corrected chi connectivity index (χ4v) is 4.24. The molecule has 2 aromatic carbocycles. The van der Waals surface area contributed by atoms with Crippen molar-refractivity contribution in [2.75, 3.05) is 0 Å². The Labute approximate surface area is 182 Å². The molecule has 0 amide bonds. The topological polar surface area (TPSA) is 44.7 Å². The summed E-state index contributed by atoms with van der Waals surface area (Å²) in [7, 11) is 0. The van der Waals surface area contributed by atoms with Crippen LogP contribution in [-0.4, -0.2) is 9.97 Å². The fraction of sp³-hybridized carbons (Fsp3) is 0.143. The SMILES string of the molecule is Cc1ccc(C(c2ccc[nH]2)c2ccc(C(c3ccc(C)cc3)c3ccc[nH]3)o2)cc1. The lowest BCUT2D eigenvalue weighted by atomic mass is 9.92. The number of aryl methyl sites for hydroxylation is 2. The second kappa shape index (κ2) is 8.19. The van der Waals surface area contributed by atoms with E-state index in [1.54, 1.807) is 0 Å². The van der Waals surface area contributed by atoms with Gasteiger partial charge >= 0.3 is 0 Å². The van der Waals surface area contributed by atoms with Crippen molar-refractivity contribution in [2.45, 2.75) is 25.7 Å². The van der Waals surface area contributed by atoms with Crippen molar-refractivity contribution in [3.8, 4) is 0 Å². The zero-order chi connectivity index (χ0) is 21.2. The highest BCUT2D eigenvalue weighted by Crippen LogP contribution is 2.37. The average molecular weight is 407 g/mol. The van der Waals surface area contributed by atoms with Gasteiger partial charge in [-0.05, 0) is 61.4 Å². The first-order chi connectivity index (χ1) is 15.2. The molecule has 0 spiro atoms. The zero-order valence-corrected chi connectivity index (χ0v) is 17.8. The second-order valence-electron chi connectivity index (χ2n) is 8.18. The highest BCUT2D eigenvalue weighted by Gasteiger charge is 2.25. The second-order valence-corrected chi connectivity index (χ2v) is 8.18. The van der Waals surface area contributed by atoms with E-state index in [0.29, 0.717) is 0 Å². The number of aromatic nitrogens is 2. The van der Waals surface area contributed by atoms with Crippen LogP contribution < -0.4 is 0 Å². The summed E-state index contributed by atoms with van der Waals surface area (Å²) in [4.78, 5) is 6.77. The highest BCUT2D eigenvalue weighted by molar-refractivity contribution is 5.42. The van der Waals surface area contributed by atoms with Gasteiger partial charge in [0, 0.05) is 23.8 Å². The van der Waals surface area contributed by atoms with Gasteiger partial charge in [0.05, 0.1) is 11.8 Å². The number of furan rings is 1. The van der Waals surface area contributed by atoms with Gasteiger partial charge in [0.1, 0.15) is 11.5 Å². The number of benzene rings is 2. The van der Waals surface area contributed by atoms with Crippen LogP contribution in [0.4, 0.5) is 0 Å². The minimum Gasteiger partial charge on any atom is -0.464 e. The largest absolute Gasteiger partial charge is 0.464 e. The van der Waals surface area contributed by atoms with Crippen LogP contribution in [0.3, 0.4) is 0 Å². The van der Waals surface area contributed by atoms with Crippen LogP contribution in [-0.2, 0) is 0 Å². The lowest BCUT2D eigenvalue weighted by Crippen LogP contribution is -2.04. The van der Waals surface area contributed by atoms with E-state index in [4.69, 9.17) is 4.42 Å². The Morgan fingerprint density at radius 3 is 1.32 bits per heavy atom. The van der Waals surface area contributed by atoms with Crippen LogP contribution in [0.1, 0.15) is 57.0 Å². The highest BCUT2D eigenvalue weighted by atomic mass is 16.3. The third-order valence-corrected chi connectivity index (χ3v) is 5.90. The Morgan fingerprint density at radius 2 is 0.968 bits per heavy atom. The van der Waals surface area contributed by atoms with Gasteiger partial charge in [-0.1, -0.05) is 59.7 Å². The van der Waals surface area contributed by atoms with Crippen LogP contribution in [0.5, 0.6) is 0 Å². The van der Waals surface area contributed by atoms with Crippen molar-refractivity contribution in [3.63, 3.8) is 0 Å². The standard InChI is InChI=1S/C28H26N2O/c1-19-7-11-21(12-8-19)27(23-5-3-17-29-23)25-15-16-26(31-25)28(24-6-4-18-30-24)22-13-9-20(2)10-14-22/h3-18,27-30H,1-2H3. The smallest absolute Gasteiger partial charge is 0.117 e. The molecular weight excluding hydrogens is 380 g/mol. The van der Waals surface area contributed by atoms with Gasteiger partial charge in [0.2, 0.25) is 0 Å². The minimum absolute atomic E-state index is 0.0201. The third kappa shape index (κ3) is 3.87. The number of nitrogens with one attached hydrogen (secondary N) is 2. The number of hydrogen-bond acceptors (Lipinski definition) is 1. The van der Waals surface area contributed by atoms with Gasteiger partial charge in [-0.3, -0.25) is 0 Å². The first-order valence-electron chi connectivity index (χ1n) is 10.7. The summed E-state index contributed by atoms with van der Waals surface area (Å²) in [6, 6.07) is 29.9. The number of aromatic amines is 2. The van der Waals surface area contributed by atoms with Gasteiger partial charge in [-0.2, -0.15) is 0 Å². The van der Waals surface area contributed by atoms with E-state index in [1.807, 2.05) is 24.5 Å². The normalized spacial score (nSPS) is 13.2. The fourth-order valence-electron chi connectivity index (χ4n) is 4.24. The van der Waals surface area contributed by atoms with Crippen molar-refractivity contribution in [2.24, 2.45) is 0 Å². The van der Waals surface area contributed by atoms with E-state index >= 15 is 0 Å². The van der Waals surface area contributed by atoms with E-state index in [0.717, 1.165) is 22.9 Å². The lowest BCUT2D eigenvalue weighted by Gasteiger charge is -2.17. The molecule has 154 valence electrons. The van der Waals surface area contributed by atoms with E-state index < -0.39 is 0 Å². The van der Waals surface area contributed by atoms with E-state index in [-0.39, 0.29) is 11.8 Å². The molecule has 3 heteroatoms. The molecule has 2 N–H and O–H groups in total. The average Bonchev–Trinajstić information content (AvgIpc) is 3.55. The number of rotatable bonds is 6. The van der Waals surface area contributed by atoms with Gasteiger partial charge in [0.25, 0.3) is 0 Å². The molecule has 0 saturated carbocycles. The molecule has 0 aliphatic rings. The Morgan fingerprint density at radius 1 is 0.548 bits per heavy atom. The van der Waals surface area contributed by atoms with Gasteiger partial charge in [-0.25, -0.2) is 0 Å². The summed E-state index contributed by atoms with van der Waals surface area (Å²) in [5.74, 6) is 1.91. The van der Waals surface area contributed by atoms with Crippen molar-refractivity contribution >= 4 is 0 Å². The number of hydrogen-bond donors (Lipinski definition) is 2. The van der Waals surface area contributed by atoms with Crippen molar-refractivity contribution in [1.82, 2.24) is 9.97 Å². The molecule has 5 rings (SSSR count). The summed E-state index contributed by atoms with van der Waals surface area (Å²) in [5, 5.41) is 0. The zero-order valence-electron chi connectivity index (χ0n) is 17.8. The molecular formula is C28H26N2O. The maximum Gasteiger partial charge on any atom is 0.117 e. The van der Waals surface area contributed by atoms with Gasteiger partial charge in [-0.15, -0.1) is 0 Å². The molecule has 0 aliphatic heterocycles. The molecule has 31 heavy (non-hydrogen) atoms. The third-order valence-electron chi connectivity index (χ3n) is 5.90. The Hall–Kier alpha value is -3.72. The lowest BCUT2D eigenvalue weighted by molar-refractivity contribution is 0.452. The van der Waals surface area contributed by atoms with Crippen molar-refractivity contribution in [3.05, 3.63) is 142 Å². The first-order valence-corrected chi connectivity index (χ1v) is 10.7. The molecule has 0 saturated heterocycles. The van der Waals surface area contributed by atoms with E-state index in [9.17, 15) is 0 Å². The van der Waals surface area contributed by atoms with Gasteiger partial charge < -0.3 is 14.4 Å². The molecule has 0 bridgehead atoms. The maximum atomic E-state index is 6.58. The molecule has 5 aromatic rings. The molecule has 0 radical (unpaired) electrons. The quantitative estimate of drug-likeness (QED) is 0.316. The van der Waals surface area contributed by atoms with Crippen LogP contribution in [0.15, 0.2) is 102 Å². The Balaban J connectivity index is 1.59. The maximum absolute atomic E-state index is 6.58. The summed E-state index contributed by atoms with van der Waals surface area (Å²) in [6.45, 7) is 4.22. The molecule has 0 aliphatic carbocycles. The summed E-state index contributed by atoms with van der Waals surface area (Å²) in [5.41, 5.74) is 7.16. The van der Waals surface area contributed by atoms with Crippen molar-refractivity contribution < 1.29 is 4.42 Å². The summed E-state index contributed by atoms with van der Waals surface area (Å²) < 4.78 is 6.58. The molecule has 3 aromatic heterocycles. The summed E-state index contributed by atoms with van der Waals surface area (Å²) in [6.07, 6.45) is 3.93. The van der Waals surface area contributed by atoms with E-state index in [2.05, 4.69) is 96.6 Å². The van der Waals surface area contributed by atoms with Crippen LogP contribution in [0, 0.1) is 13.8 Å². The van der Waals surface area contributed by atoms with E-state index in [1.165, 1.54) is 22.3 Å².